The quantitative estimate of drug-likeness (QED) is 0.206. The Morgan fingerprint density at radius 2 is 1.58 bits per heavy atom. The van der Waals surface area contributed by atoms with Crippen molar-refractivity contribution in [2.45, 2.75) is 56.5 Å². The van der Waals surface area contributed by atoms with E-state index < -0.39 is 56.4 Å². The van der Waals surface area contributed by atoms with E-state index in [4.69, 9.17) is 4.55 Å². The molecule has 1 aliphatic rings. The molecule has 31 heavy (non-hydrogen) atoms. The second kappa shape index (κ2) is 9.92. The number of ether oxygens (including phenoxy) is 1. The Morgan fingerprint density at radius 1 is 1.06 bits per heavy atom. The molecule has 2 unspecified atom stereocenters. The number of rotatable bonds is 7. The molecule has 0 saturated carbocycles. The molecule has 1 aliphatic heterocycles. The van der Waals surface area contributed by atoms with E-state index in [1.54, 1.807) is 0 Å². The zero-order chi connectivity index (χ0) is 23.5. The van der Waals surface area contributed by atoms with Crippen molar-refractivity contribution < 1.29 is 44.9 Å². The Kier molecular flexibility index (Phi) is 8.00. The van der Waals surface area contributed by atoms with Crippen LogP contribution in [-0.2, 0) is 19.7 Å². The van der Waals surface area contributed by atoms with E-state index in [1.165, 1.54) is 0 Å². The minimum absolute atomic E-state index is 0.0914. The van der Waals surface area contributed by atoms with Crippen LogP contribution >= 0.6 is 0 Å². The smallest absolute Gasteiger partial charge is 0.313 e. The Morgan fingerprint density at radius 3 is 2.06 bits per heavy atom. The number of hydrogen-bond donors (Lipinski definition) is 2. The van der Waals surface area contributed by atoms with Crippen molar-refractivity contribution in [1.29, 1.82) is 0 Å². The molecule has 1 amide bonds. The second-order valence-corrected chi connectivity index (χ2v) is 8.62. The normalized spacial score (nSPS) is 19.8. The fourth-order valence-corrected chi connectivity index (χ4v) is 4.02. The van der Waals surface area contributed by atoms with Crippen molar-refractivity contribution in [2.75, 3.05) is 13.1 Å². The number of benzene rings is 1. The number of nitrogens with one attached hydrogen (secondary N) is 1. The summed E-state index contributed by atoms with van der Waals surface area (Å²) < 4.78 is 89.9. The first-order valence-electron chi connectivity index (χ1n) is 9.41. The molecule has 2 N–H and O–H groups in total. The van der Waals surface area contributed by atoms with Crippen molar-refractivity contribution in [1.82, 2.24) is 10.2 Å². The van der Waals surface area contributed by atoms with Crippen molar-refractivity contribution in [3.8, 4) is 5.75 Å². The number of nitrogens with zero attached hydrogens (tertiary/aromatic N) is 1. The van der Waals surface area contributed by atoms with Gasteiger partial charge in [-0.2, -0.15) is 17.2 Å². The lowest BCUT2D eigenvalue weighted by Crippen LogP contribution is -2.48. The summed E-state index contributed by atoms with van der Waals surface area (Å²) in [5.41, 5.74) is 0. The zero-order valence-corrected chi connectivity index (χ0v) is 17.6. The molecule has 13 heteroatoms. The molecule has 0 spiro atoms. The standard InChI is InChI=1S/C18H22F4N2O6S/c1-9-4-3-5-10(2)24(9)8-11(25)23-7-6-12(26)30-17-13(19)15(21)18(31(27,28)29)16(22)14(17)20/h9-10H,3-8H2,1-2H3,(H,23,25)(H,27,28,29). The molecule has 0 bridgehead atoms. The minimum atomic E-state index is -5.62. The maximum Gasteiger partial charge on any atom is 0.313 e. The van der Waals surface area contributed by atoms with Crippen LogP contribution in [0.1, 0.15) is 39.5 Å². The summed E-state index contributed by atoms with van der Waals surface area (Å²) in [5, 5.41) is 2.44. The van der Waals surface area contributed by atoms with Crippen LogP contribution in [0.3, 0.4) is 0 Å². The van der Waals surface area contributed by atoms with E-state index in [0.717, 1.165) is 19.3 Å². The lowest BCUT2D eigenvalue weighted by Gasteiger charge is -2.38. The summed E-state index contributed by atoms with van der Waals surface area (Å²) in [6.45, 7) is 3.81. The number of amides is 1. The summed E-state index contributed by atoms with van der Waals surface area (Å²) >= 11 is 0. The minimum Gasteiger partial charge on any atom is -0.420 e. The predicted octanol–water partition coefficient (Wildman–Crippen LogP) is 2.16. The van der Waals surface area contributed by atoms with Gasteiger partial charge in [0, 0.05) is 18.6 Å². The van der Waals surface area contributed by atoms with Crippen LogP contribution in [0.5, 0.6) is 5.75 Å². The molecule has 1 fully saturated rings. The van der Waals surface area contributed by atoms with Crippen LogP contribution in [0.2, 0.25) is 0 Å². The second-order valence-electron chi connectivity index (χ2n) is 7.26. The summed E-state index contributed by atoms with van der Waals surface area (Å²) in [5.74, 6) is -13.0. The fourth-order valence-electron chi connectivity index (χ4n) is 3.38. The lowest BCUT2D eigenvalue weighted by atomic mass is 9.97. The maximum absolute atomic E-state index is 13.9. The van der Waals surface area contributed by atoms with Crippen LogP contribution in [0.4, 0.5) is 17.6 Å². The number of hydrogen-bond acceptors (Lipinski definition) is 6. The van der Waals surface area contributed by atoms with Gasteiger partial charge in [-0.15, -0.1) is 0 Å². The third-order valence-corrected chi connectivity index (χ3v) is 5.88. The highest BCUT2D eigenvalue weighted by Crippen LogP contribution is 2.32. The number of piperidine rings is 1. The number of halogens is 4. The molecular formula is C18H22F4N2O6S. The first kappa shape index (κ1) is 25.0. The Hall–Kier alpha value is -2.25. The molecular weight excluding hydrogens is 448 g/mol. The molecule has 2 rings (SSSR count). The molecule has 1 aromatic carbocycles. The van der Waals surface area contributed by atoms with Crippen LogP contribution in [0, 0.1) is 23.3 Å². The van der Waals surface area contributed by atoms with Crippen LogP contribution < -0.4 is 10.1 Å². The van der Waals surface area contributed by atoms with Gasteiger partial charge in [0.1, 0.15) is 0 Å². The highest BCUT2D eigenvalue weighted by atomic mass is 32.2. The van der Waals surface area contributed by atoms with Crippen LogP contribution in [0.15, 0.2) is 4.90 Å². The average Bonchev–Trinajstić information content (AvgIpc) is 2.66. The lowest BCUT2D eigenvalue weighted by molar-refractivity contribution is -0.134. The van der Waals surface area contributed by atoms with Gasteiger partial charge in [0.15, 0.2) is 16.5 Å². The molecule has 0 aliphatic carbocycles. The summed E-state index contributed by atoms with van der Waals surface area (Å²) in [7, 11) is -5.62. The van der Waals surface area contributed by atoms with Gasteiger partial charge in [0.2, 0.25) is 23.3 Å². The molecule has 2 atom stereocenters. The van der Waals surface area contributed by atoms with Crippen LogP contribution in [-0.4, -0.2) is 54.9 Å². The Bertz CT molecular complexity index is 933. The molecule has 1 saturated heterocycles. The molecule has 174 valence electrons. The fraction of sp³-hybridized carbons (Fsp3) is 0.556. The maximum atomic E-state index is 13.9. The Balaban J connectivity index is 1.97. The van der Waals surface area contributed by atoms with Gasteiger partial charge >= 0.3 is 16.1 Å². The first-order valence-corrected chi connectivity index (χ1v) is 10.8. The number of likely N-dealkylation sites (tertiary alicyclic amines) is 1. The number of carbonyl (C=O) groups excluding carboxylic acids is 2. The SMILES string of the molecule is CC1CCCC(C)N1CC(=O)NCCC(=O)Oc1c(F)c(F)c(S(=O)(=O)O)c(F)c1F. The van der Waals surface area contributed by atoms with Gasteiger partial charge in [-0.1, -0.05) is 6.42 Å². The molecule has 0 aromatic heterocycles. The predicted molar refractivity (Wildman–Crippen MR) is 98.8 cm³/mol. The monoisotopic (exact) mass is 470 g/mol. The van der Waals surface area contributed by atoms with Gasteiger partial charge in [0.25, 0.3) is 0 Å². The van der Waals surface area contributed by atoms with Gasteiger partial charge < -0.3 is 10.1 Å². The number of esters is 1. The third-order valence-electron chi connectivity index (χ3n) is 5.01. The topological polar surface area (TPSA) is 113 Å². The van der Waals surface area contributed by atoms with Gasteiger partial charge in [-0.05, 0) is 26.7 Å². The summed E-state index contributed by atoms with van der Waals surface area (Å²) in [4.78, 5) is 23.6. The van der Waals surface area contributed by atoms with E-state index in [9.17, 15) is 35.6 Å². The Labute approximate surface area is 176 Å². The molecule has 1 aromatic rings. The van der Waals surface area contributed by atoms with Crippen molar-refractivity contribution in [3.63, 3.8) is 0 Å². The van der Waals surface area contributed by atoms with E-state index in [0.29, 0.717) is 0 Å². The van der Waals surface area contributed by atoms with Crippen molar-refractivity contribution in [2.24, 2.45) is 0 Å². The van der Waals surface area contributed by atoms with Crippen LogP contribution in [0.25, 0.3) is 0 Å². The highest BCUT2D eigenvalue weighted by molar-refractivity contribution is 7.85. The molecule has 0 radical (unpaired) electrons. The first-order chi connectivity index (χ1) is 14.3. The largest absolute Gasteiger partial charge is 0.420 e. The number of carbonyl (C=O) groups is 2. The van der Waals surface area contributed by atoms with Gasteiger partial charge in [-0.3, -0.25) is 19.0 Å². The summed E-state index contributed by atoms with van der Waals surface area (Å²) in [6, 6.07) is 0.418. The summed E-state index contributed by atoms with van der Waals surface area (Å²) in [6.07, 6.45) is 2.37. The van der Waals surface area contributed by atoms with E-state index in [1.807, 2.05) is 18.7 Å². The van der Waals surface area contributed by atoms with Crippen molar-refractivity contribution in [3.05, 3.63) is 23.3 Å². The van der Waals surface area contributed by atoms with Crippen molar-refractivity contribution >= 4 is 22.0 Å². The van der Waals surface area contributed by atoms with Gasteiger partial charge in [0.05, 0.1) is 13.0 Å². The highest BCUT2D eigenvalue weighted by Gasteiger charge is 2.34. The van der Waals surface area contributed by atoms with Gasteiger partial charge in [-0.25, -0.2) is 8.78 Å². The third kappa shape index (κ3) is 5.92. The average molecular weight is 470 g/mol. The van der Waals surface area contributed by atoms with E-state index >= 15 is 0 Å². The molecule has 8 nitrogen and oxygen atoms in total. The molecule has 1 heterocycles. The zero-order valence-electron chi connectivity index (χ0n) is 16.8. The van der Waals surface area contributed by atoms with E-state index in [-0.39, 0.29) is 31.1 Å². The van der Waals surface area contributed by atoms with E-state index in [2.05, 4.69) is 10.1 Å².